The van der Waals surface area contributed by atoms with E-state index >= 15 is 0 Å². The van der Waals surface area contributed by atoms with Gasteiger partial charge in [-0.25, -0.2) is 0 Å². The molecule has 2 rings (SSSR count). The van der Waals surface area contributed by atoms with Crippen molar-refractivity contribution in [2.24, 2.45) is 0 Å². The molecule has 1 aromatic carbocycles. The summed E-state index contributed by atoms with van der Waals surface area (Å²) < 4.78 is 1.90. The number of allylic oxidation sites excluding steroid dienone is 1. The van der Waals surface area contributed by atoms with E-state index in [1.165, 1.54) is 0 Å². The standard InChI is InChI=1S/C13H14N2O/c1-2-4-13(15-10-3-9-14-15)11-5-7-12(16)8-6-11/h2-3,5-10,13,16H,1,4H2. The number of hydrogen-bond donors (Lipinski definition) is 1. The Morgan fingerprint density at radius 1 is 1.38 bits per heavy atom. The van der Waals surface area contributed by atoms with Crippen molar-refractivity contribution in [2.75, 3.05) is 0 Å². The molecule has 0 saturated carbocycles. The van der Waals surface area contributed by atoms with Gasteiger partial charge in [0.1, 0.15) is 5.75 Å². The van der Waals surface area contributed by atoms with Crippen LogP contribution >= 0.6 is 0 Å². The minimum Gasteiger partial charge on any atom is -0.508 e. The second kappa shape index (κ2) is 4.66. The van der Waals surface area contributed by atoms with Gasteiger partial charge in [0.15, 0.2) is 0 Å². The topological polar surface area (TPSA) is 38.0 Å². The molecule has 0 aliphatic heterocycles. The summed E-state index contributed by atoms with van der Waals surface area (Å²) in [6, 6.07) is 9.24. The Kier molecular flexibility index (Phi) is 3.05. The molecule has 1 N–H and O–H groups in total. The van der Waals surface area contributed by atoms with Gasteiger partial charge in [-0.1, -0.05) is 18.2 Å². The Labute approximate surface area is 94.7 Å². The maximum Gasteiger partial charge on any atom is 0.115 e. The molecule has 82 valence electrons. The maximum absolute atomic E-state index is 9.26. The first-order valence-electron chi connectivity index (χ1n) is 5.20. The third kappa shape index (κ3) is 2.14. The molecule has 0 saturated heterocycles. The molecule has 0 amide bonds. The molecule has 0 aliphatic carbocycles. The van der Waals surface area contributed by atoms with Gasteiger partial charge in [-0.05, 0) is 30.2 Å². The van der Waals surface area contributed by atoms with E-state index in [0.29, 0.717) is 0 Å². The van der Waals surface area contributed by atoms with Gasteiger partial charge in [0.2, 0.25) is 0 Å². The molecular weight excluding hydrogens is 200 g/mol. The van der Waals surface area contributed by atoms with E-state index in [4.69, 9.17) is 0 Å². The van der Waals surface area contributed by atoms with Crippen LogP contribution in [0.2, 0.25) is 0 Å². The molecule has 0 radical (unpaired) electrons. The van der Waals surface area contributed by atoms with Gasteiger partial charge < -0.3 is 5.11 Å². The fourth-order valence-corrected chi connectivity index (χ4v) is 1.72. The van der Waals surface area contributed by atoms with Crippen molar-refractivity contribution >= 4 is 0 Å². The summed E-state index contributed by atoms with van der Waals surface area (Å²) in [5, 5.41) is 13.5. The van der Waals surface area contributed by atoms with Crippen molar-refractivity contribution in [2.45, 2.75) is 12.5 Å². The third-order valence-electron chi connectivity index (χ3n) is 2.51. The molecule has 1 unspecified atom stereocenters. The van der Waals surface area contributed by atoms with E-state index in [-0.39, 0.29) is 11.8 Å². The number of hydrogen-bond acceptors (Lipinski definition) is 2. The summed E-state index contributed by atoms with van der Waals surface area (Å²) in [5.41, 5.74) is 1.11. The molecule has 0 aliphatic rings. The number of rotatable bonds is 4. The van der Waals surface area contributed by atoms with E-state index < -0.39 is 0 Å². The lowest BCUT2D eigenvalue weighted by molar-refractivity contribution is 0.473. The van der Waals surface area contributed by atoms with Gasteiger partial charge in [-0.15, -0.1) is 6.58 Å². The van der Waals surface area contributed by atoms with Crippen LogP contribution in [0.25, 0.3) is 0 Å². The van der Waals surface area contributed by atoms with E-state index in [2.05, 4.69) is 11.7 Å². The van der Waals surface area contributed by atoms with Crippen molar-refractivity contribution in [3.8, 4) is 5.75 Å². The highest BCUT2D eigenvalue weighted by Crippen LogP contribution is 2.23. The highest BCUT2D eigenvalue weighted by molar-refractivity contribution is 5.28. The van der Waals surface area contributed by atoms with Crippen LogP contribution in [-0.4, -0.2) is 14.9 Å². The predicted molar refractivity (Wildman–Crippen MR) is 63.3 cm³/mol. The molecule has 0 spiro atoms. The highest BCUT2D eigenvalue weighted by atomic mass is 16.3. The SMILES string of the molecule is C=CCC(c1ccc(O)cc1)n1cccn1. The van der Waals surface area contributed by atoms with Crippen molar-refractivity contribution in [3.05, 3.63) is 60.9 Å². The lowest BCUT2D eigenvalue weighted by Gasteiger charge is -2.16. The van der Waals surface area contributed by atoms with Crippen LogP contribution in [0, 0.1) is 0 Å². The van der Waals surface area contributed by atoms with Crippen molar-refractivity contribution in [1.29, 1.82) is 0 Å². The first-order chi connectivity index (χ1) is 7.81. The molecule has 0 bridgehead atoms. The van der Waals surface area contributed by atoms with Gasteiger partial charge in [-0.3, -0.25) is 4.68 Å². The number of phenols is 1. The Bertz CT molecular complexity index is 445. The number of nitrogens with zero attached hydrogens (tertiary/aromatic N) is 2. The summed E-state index contributed by atoms with van der Waals surface area (Å²) in [4.78, 5) is 0. The zero-order chi connectivity index (χ0) is 11.4. The summed E-state index contributed by atoms with van der Waals surface area (Å²) in [5.74, 6) is 0.279. The van der Waals surface area contributed by atoms with Crippen LogP contribution in [0.3, 0.4) is 0 Å². The van der Waals surface area contributed by atoms with Gasteiger partial charge in [0, 0.05) is 12.4 Å². The van der Waals surface area contributed by atoms with Crippen LogP contribution in [-0.2, 0) is 0 Å². The molecule has 1 aromatic heterocycles. The minimum atomic E-state index is 0.146. The average molecular weight is 214 g/mol. The zero-order valence-electron chi connectivity index (χ0n) is 8.95. The summed E-state index contributed by atoms with van der Waals surface area (Å²) in [7, 11) is 0. The lowest BCUT2D eigenvalue weighted by Crippen LogP contribution is -2.10. The van der Waals surface area contributed by atoms with Crippen LogP contribution in [0.1, 0.15) is 18.0 Å². The van der Waals surface area contributed by atoms with Crippen molar-refractivity contribution in [1.82, 2.24) is 9.78 Å². The molecule has 3 heteroatoms. The first kappa shape index (κ1) is 10.5. The largest absolute Gasteiger partial charge is 0.508 e. The van der Waals surface area contributed by atoms with Crippen LogP contribution < -0.4 is 0 Å². The van der Waals surface area contributed by atoms with E-state index in [0.717, 1.165) is 12.0 Å². The molecule has 16 heavy (non-hydrogen) atoms. The Hall–Kier alpha value is -2.03. The smallest absolute Gasteiger partial charge is 0.115 e. The number of aromatic nitrogens is 2. The summed E-state index contributed by atoms with van der Waals surface area (Å²) >= 11 is 0. The predicted octanol–water partition coefficient (Wildman–Crippen LogP) is 2.75. The Balaban J connectivity index is 2.32. The normalized spacial score (nSPS) is 12.2. The number of aromatic hydroxyl groups is 1. The fourth-order valence-electron chi connectivity index (χ4n) is 1.72. The molecule has 1 heterocycles. The van der Waals surface area contributed by atoms with Gasteiger partial charge in [-0.2, -0.15) is 5.10 Å². The van der Waals surface area contributed by atoms with Gasteiger partial charge >= 0.3 is 0 Å². The number of phenolic OH excluding ortho intramolecular Hbond substituents is 1. The monoisotopic (exact) mass is 214 g/mol. The van der Waals surface area contributed by atoms with Gasteiger partial charge in [0.05, 0.1) is 6.04 Å². The summed E-state index contributed by atoms with van der Waals surface area (Å²) in [6.07, 6.45) is 6.38. The fraction of sp³-hybridized carbons (Fsp3) is 0.154. The molecule has 1 atom stereocenters. The average Bonchev–Trinajstić information content (AvgIpc) is 2.81. The lowest BCUT2D eigenvalue weighted by atomic mass is 10.0. The summed E-state index contributed by atoms with van der Waals surface area (Å²) in [6.45, 7) is 3.76. The molecular formula is C13H14N2O. The van der Waals surface area contributed by atoms with Gasteiger partial charge in [0.25, 0.3) is 0 Å². The van der Waals surface area contributed by atoms with Crippen LogP contribution in [0.4, 0.5) is 0 Å². The highest BCUT2D eigenvalue weighted by Gasteiger charge is 2.11. The van der Waals surface area contributed by atoms with E-state index in [9.17, 15) is 5.11 Å². The zero-order valence-corrected chi connectivity index (χ0v) is 8.95. The quantitative estimate of drug-likeness (QED) is 0.795. The second-order valence-electron chi connectivity index (χ2n) is 3.62. The first-order valence-corrected chi connectivity index (χ1v) is 5.20. The third-order valence-corrected chi connectivity index (χ3v) is 2.51. The van der Waals surface area contributed by atoms with Crippen molar-refractivity contribution in [3.63, 3.8) is 0 Å². The Morgan fingerprint density at radius 2 is 2.12 bits per heavy atom. The van der Waals surface area contributed by atoms with Crippen LogP contribution in [0.15, 0.2) is 55.4 Å². The molecule has 2 aromatic rings. The molecule has 3 nitrogen and oxygen atoms in total. The van der Waals surface area contributed by atoms with Crippen LogP contribution in [0.5, 0.6) is 5.75 Å². The Morgan fingerprint density at radius 3 is 2.69 bits per heavy atom. The minimum absolute atomic E-state index is 0.146. The maximum atomic E-state index is 9.26. The van der Waals surface area contributed by atoms with Crippen molar-refractivity contribution < 1.29 is 5.11 Å². The number of benzene rings is 1. The molecule has 0 fully saturated rings. The second-order valence-corrected chi connectivity index (χ2v) is 3.62. The van der Waals surface area contributed by atoms with E-state index in [1.807, 2.05) is 35.2 Å². The van der Waals surface area contributed by atoms with E-state index in [1.54, 1.807) is 18.3 Å².